The summed E-state index contributed by atoms with van der Waals surface area (Å²) in [5.41, 5.74) is -0.772. The van der Waals surface area contributed by atoms with Gasteiger partial charge in [-0.05, 0) is 42.8 Å². The average Bonchev–Trinajstić information content (AvgIpc) is 3.64. The molecule has 12 heteroatoms. The maximum absolute atomic E-state index is 13.4. The third-order valence-electron chi connectivity index (χ3n) is 6.21. The van der Waals surface area contributed by atoms with Gasteiger partial charge >= 0.3 is 6.18 Å². The molecule has 1 fully saturated rings. The lowest BCUT2D eigenvalue weighted by Crippen LogP contribution is -2.37. The third-order valence-corrected chi connectivity index (χ3v) is 6.89. The fourth-order valence-corrected chi connectivity index (χ4v) is 4.69. The van der Waals surface area contributed by atoms with E-state index in [1.807, 2.05) is 6.92 Å². The van der Waals surface area contributed by atoms with Gasteiger partial charge in [-0.25, -0.2) is 9.99 Å². The van der Waals surface area contributed by atoms with Crippen molar-refractivity contribution in [2.75, 3.05) is 10.3 Å². The molecule has 0 bridgehead atoms. The zero-order chi connectivity index (χ0) is 28.4. The number of pyridine rings is 1. The highest BCUT2D eigenvalue weighted by atomic mass is 35.5. The van der Waals surface area contributed by atoms with Gasteiger partial charge in [0.05, 0.1) is 21.3 Å². The Labute approximate surface area is 232 Å². The molecule has 2 amide bonds. The first-order valence-corrected chi connectivity index (χ1v) is 12.8. The number of carbonyl (C=O) groups excluding carboxylic acids is 2. The van der Waals surface area contributed by atoms with Crippen molar-refractivity contribution in [3.8, 4) is 0 Å². The molecule has 7 nitrogen and oxygen atoms in total. The van der Waals surface area contributed by atoms with E-state index >= 15 is 0 Å². The minimum absolute atomic E-state index is 0.0156. The Morgan fingerprint density at radius 1 is 1.21 bits per heavy atom. The monoisotopic (exact) mass is 577 g/mol. The Hall–Kier alpha value is -3.63. The van der Waals surface area contributed by atoms with Gasteiger partial charge in [0, 0.05) is 17.1 Å². The predicted molar refractivity (Wildman–Crippen MR) is 147 cm³/mol. The van der Waals surface area contributed by atoms with E-state index in [1.54, 1.807) is 30.3 Å². The van der Waals surface area contributed by atoms with Crippen LogP contribution in [-0.4, -0.2) is 34.7 Å². The summed E-state index contributed by atoms with van der Waals surface area (Å²) in [5, 5.41) is 10.8. The van der Waals surface area contributed by atoms with Crippen LogP contribution in [0.25, 0.3) is 10.8 Å². The molecular weight excluding hydrogens is 554 g/mol. The summed E-state index contributed by atoms with van der Waals surface area (Å²) in [6, 6.07) is 11.5. The van der Waals surface area contributed by atoms with Crippen molar-refractivity contribution in [3.05, 3.63) is 76.5 Å². The molecule has 0 saturated heterocycles. The number of aromatic nitrogens is 1. The predicted octanol–water partition coefficient (Wildman–Crippen LogP) is 7.11. The van der Waals surface area contributed by atoms with Crippen molar-refractivity contribution in [1.82, 2.24) is 10.3 Å². The van der Waals surface area contributed by atoms with Crippen LogP contribution in [0.15, 0.2) is 66.0 Å². The van der Waals surface area contributed by atoms with Crippen LogP contribution in [0.1, 0.15) is 43.0 Å². The standard InChI is InChI=1S/C27H24Cl2F3N5O2/c1-3-10-26(11-12-26)36-25(39)19-14-17-7-4-5-8-18(17)21(29)22(19)35-24(38)16(2)37(34-15-27(30,31)32)23-20(28)9-6-13-33-23/h4-9,13-15H,2-3,10-12H2,1H3,(H,35,38)(H,36,39)/b34-15+. The van der Waals surface area contributed by atoms with E-state index in [4.69, 9.17) is 23.2 Å². The van der Waals surface area contributed by atoms with Gasteiger partial charge in [-0.3, -0.25) is 9.59 Å². The second-order valence-corrected chi connectivity index (χ2v) is 9.91. The number of halogens is 5. The molecule has 0 unspecified atom stereocenters. The van der Waals surface area contributed by atoms with Gasteiger partial charge in [0.2, 0.25) is 0 Å². The average molecular weight is 578 g/mol. The number of hydrazone groups is 1. The van der Waals surface area contributed by atoms with Crippen LogP contribution in [0.5, 0.6) is 0 Å². The fourth-order valence-electron chi connectivity index (χ4n) is 4.17. The van der Waals surface area contributed by atoms with Gasteiger partial charge < -0.3 is 10.6 Å². The molecule has 0 radical (unpaired) electrons. The number of carbonyl (C=O) groups is 2. The first-order valence-electron chi connectivity index (χ1n) is 12.0. The van der Waals surface area contributed by atoms with Crippen molar-refractivity contribution >= 4 is 63.5 Å². The maximum atomic E-state index is 13.4. The van der Waals surface area contributed by atoms with Crippen LogP contribution in [0, 0.1) is 0 Å². The molecule has 1 heterocycles. The van der Waals surface area contributed by atoms with Crippen LogP contribution < -0.4 is 15.6 Å². The van der Waals surface area contributed by atoms with E-state index in [0.717, 1.165) is 25.7 Å². The summed E-state index contributed by atoms with van der Waals surface area (Å²) in [4.78, 5) is 30.7. The Morgan fingerprint density at radius 3 is 2.56 bits per heavy atom. The van der Waals surface area contributed by atoms with Crippen molar-refractivity contribution in [3.63, 3.8) is 0 Å². The summed E-state index contributed by atoms with van der Waals surface area (Å²) in [5.74, 6) is -1.66. The maximum Gasteiger partial charge on any atom is 0.428 e. The summed E-state index contributed by atoms with van der Waals surface area (Å²) >= 11 is 12.8. The number of fused-ring (bicyclic) bond motifs is 1. The zero-order valence-corrected chi connectivity index (χ0v) is 22.3. The molecule has 2 N–H and O–H groups in total. The van der Waals surface area contributed by atoms with Gasteiger partial charge in [0.1, 0.15) is 11.9 Å². The third kappa shape index (κ3) is 6.51. The van der Waals surface area contributed by atoms with Crippen LogP contribution in [0.4, 0.5) is 24.7 Å². The highest BCUT2D eigenvalue weighted by Gasteiger charge is 2.43. The highest BCUT2D eigenvalue weighted by Crippen LogP contribution is 2.41. The molecular formula is C27H24Cl2F3N5O2. The lowest BCUT2D eigenvalue weighted by molar-refractivity contribution is -0.113. The van der Waals surface area contributed by atoms with E-state index in [9.17, 15) is 22.8 Å². The van der Waals surface area contributed by atoms with Crippen LogP contribution >= 0.6 is 23.2 Å². The zero-order valence-electron chi connectivity index (χ0n) is 20.8. The molecule has 0 atom stereocenters. The highest BCUT2D eigenvalue weighted by molar-refractivity contribution is 6.40. The molecule has 1 aliphatic carbocycles. The molecule has 0 aliphatic heterocycles. The Kier molecular flexibility index (Phi) is 8.17. The number of hydrogen-bond donors (Lipinski definition) is 2. The quantitative estimate of drug-likeness (QED) is 0.161. The van der Waals surface area contributed by atoms with Crippen LogP contribution in [-0.2, 0) is 4.79 Å². The number of benzene rings is 2. The molecule has 4 rings (SSSR count). The first kappa shape index (κ1) is 28.4. The molecule has 2 aromatic carbocycles. The van der Waals surface area contributed by atoms with Gasteiger partial charge in [-0.2, -0.15) is 18.3 Å². The number of nitrogens with one attached hydrogen (secondary N) is 2. The number of hydrogen-bond acceptors (Lipinski definition) is 5. The van der Waals surface area contributed by atoms with Gasteiger partial charge in [-0.1, -0.05) is 67.4 Å². The van der Waals surface area contributed by atoms with Gasteiger partial charge in [0.15, 0.2) is 5.82 Å². The molecule has 1 aliphatic rings. The van der Waals surface area contributed by atoms with E-state index in [2.05, 4.69) is 27.3 Å². The van der Waals surface area contributed by atoms with E-state index < -0.39 is 23.7 Å². The number of nitrogens with zero attached hydrogens (tertiary/aromatic N) is 3. The number of amides is 2. The lowest BCUT2D eigenvalue weighted by Gasteiger charge is -2.23. The fraction of sp³-hybridized carbons (Fsp3) is 0.259. The number of rotatable bonds is 9. The van der Waals surface area contributed by atoms with Gasteiger partial charge in [-0.15, -0.1) is 0 Å². The molecule has 0 spiro atoms. The summed E-state index contributed by atoms with van der Waals surface area (Å²) in [6.45, 7) is 5.65. The van der Waals surface area contributed by atoms with Gasteiger partial charge in [0.25, 0.3) is 11.8 Å². The molecule has 3 aromatic rings. The normalized spacial score (nSPS) is 14.3. The van der Waals surface area contributed by atoms with E-state index in [1.165, 1.54) is 18.3 Å². The van der Waals surface area contributed by atoms with Crippen LogP contribution in [0.3, 0.4) is 0 Å². The van der Waals surface area contributed by atoms with Crippen molar-refractivity contribution in [2.24, 2.45) is 5.10 Å². The summed E-state index contributed by atoms with van der Waals surface area (Å²) < 4.78 is 38.9. The Bertz CT molecular complexity index is 1470. The molecule has 39 heavy (non-hydrogen) atoms. The van der Waals surface area contributed by atoms with E-state index in [-0.39, 0.29) is 38.9 Å². The number of alkyl halides is 3. The lowest BCUT2D eigenvalue weighted by atomic mass is 10.0. The minimum Gasteiger partial charge on any atom is -0.347 e. The molecule has 1 aromatic heterocycles. The van der Waals surface area contributed by atoms with Crippen molar-refractivity contribution < 1.29 is 22.8 Å². The van der Waals surface area contributed by atoms with Crippen molar-refractivity contribution in [2.45, 2.75) is 44.3 Å². The van der Waals surface area contributed by atoms with Crippen molar-refractivity contribution in [1.29, 1.82) is 0 Å². The summed E-state index contributed by atoms with van der Waals surface area (Å²) in [7, 11) is 0. The Balaban J connectivity index is 1.72. The second kappa shape index (κ2) is 11.2. The van der Waals surface area contributed by atoms with Crippen LogP contribution in [0.2, 0.25) is 10.0 Å². The minimum atomic E-state index is -4.79. The topological polar surface area (TPSA) is 86.7 Å². The molecule has 1 saturated carbocycles. The first-order chi connectivity index (χ1) is 18.4. The largest absolute Gasteiger partial charge is 0.428 e. The SMILES string of the molecule is C=C(C(=O)Nc1c(C(=O)NC2(CCC)CC2)cc2ccccc2c1Cl)N(/N=C/C(F)(F)F)c1ncccc1Cl. The summed E-state index contributed by atoms with van der Waals surface area (Å²) in [6.07, 6.45) is -0.481. The smallest absolute Gasteiger partial charge is 0.347 e. The number of anilines is 2. The Morgan fingerprint density at radius 2 is 1.92 bits per heavy atom. The second-order valence-electron chi connectivity index (χ2n) is 9.13. The molecule has 204 valence electrons. The van der Waals surface area contributed by atoms with E-state index in [0.29, 0.717) is 15.8 Å².